The number of ketones is 1. The maximum atomic E-state index is 13.2. The van der Waals surface area contributed by atoms with Gasteiger partial charge in [0, 0.05) is 10.0 Å². The maximum Gasteiger partial charge on any atom is 0.196 e. The zero-order valence-electron chi connectivity index (χ0n) is 11.0. The molecule has 3 nitrogen and oxygen atoms in total. The van der Waals surface area contributed by atoms with Crippen LogP contribution in [0.25, 0.3) is 0 Å². The molecule has 2 N–H and O–H groups in total. The summed E-state index contributed by atoms with van der Waals surface area (Å²) in [6.07, 6.45) is 0. The van der Waals surface area contributed by atoms with Gasteiger partial charge in [-0.3, -0.25) is 4.79 Å². The van der Waals surface area contributed by atoms with Gasteiger partial charge in [-0.15, -0.1) is 0 Å². The Balaban J connectivity index is 2.52. The van der Waals surface area contributed by atoms with Crippen LogP contribution in [-0.2, 0) is 0 Å². The molecular weight excluding hydrogens is 325 g/mol. The molecule has 0 saturated heterocycles. The van der Waals surface area contributed by atoms with Crippen molar-refractivity contribution in [2.24, 2.45) is 0 Å². The van der Waals surface area contributed by atoms with Gasteiger partial charge < -0.3 is 10.5 Å². The molecule has 0 radical (unpaired) electrons. The number of rotatable bonds is 3. The monoisotopic (exact) mass is 337 g/mol. The number of halogens is 2. The van der Waals surface area contributed by atoms with Crippen LogP contribution < -0.4 is 10.5 Å². The Morgan fingerprint density at radius 3 is 2.60 bits per heavy atom. The summed E-state index contributed by atoms with van der Waals surface area (Å²) in [5.74, 6) is -0.341. The normalized spacial score (nSPS) is 10.4. The summed E-state index contributed by atoms with van der Waals surface area (Å²) >= 11 is 3.38. The molecule has 2 aromatic carbocycles. The minimum atomic E-state index is -0.543. The lowest BCUT2D eigenvalue weighted by Crippen LogP contribution is -2.06. The Bertz CT molecular complexity index is 686. The number of carbonyl (C=O) groups excluding carboxylic acids is 1. The van der Waals surface area contributed by atoms with Crippen molar-refractivity contribution in [3.05, 3.63) is 57.3 Å². The third-order valence-electron chi connectivity index (χ3n) is 2.98. The Morgan fingerprint density at radius 2 is 2.00 bits per heavy atom. The Kier molecular flexibility index (Phi) is 4.09. The van der Waals surface area contributed by atoms with Crippen LogP contribution in [0.15, 0.2) is 34.8 Å². The summed E-state index contributed by atoms with van der Waals surface area (Å²) < 4.78 is 19.2. The van der Waals surface area contributed by atoms with E-state index in [9.17, 15) is 9.18 Å². The second-order valence-corrected chi connectivity index (χ2v) is 5.22. The molecule has 0 amide bonds. The zero-order chi connectivity index (χ0) is 14.9. The van der Waals surface area contributed by atoms with Crippen molar-refractivity contribution in [3.63, 3.8) is 0 Å². The average molecular weight is 338 g/mol. The smallest absolute Gasteiger partial charge is 0.196 e. The Morgan fingerprint density at radius 1 is 1.30 bits per heavy atom. The number of nitrogens with two attached hydrogens (primary N) is 1. The van der Waals surface area contributed by atoms with E-state index in [-0.39, 0.29) is 11.5 Å². The van der Waals surface area contributed by atoms with Crippen LogP contribution in [0.1, 0.15) is 21.5 Å². The molecule has 0 aliphatic rings. The van der Waals surface area contributed by atoms with Gasteiger partial charge in [0.15, 0.2) is 5.78 Å². The summed E-state index contributed by atoms with van der Waals surface area (Å²) in [7, 11) is 1.50. The minimum Gasteiger partial charge on any atom is -0.496 e. The SMILES string of the molecule is COc1cc(C)c(Br)cc1C(=O)c1ccc(F)c(N)c1. The maximum absolute atomic E-state index is 13.2. The van der Waals surface area contributed by atoms with Crippen LogP contribution in [0.5, 0.6) is 5.75 Å². The first-order valence-corrected chi connectivity index (χ1v) is 6.67. The molecule has 0 aromatic heterocycles. The fourth-order valence-corrected chi connectivity index (χ4v) is 2.19. The second kappa shape index (κ2) is 5.63. The molecule has 0 spiro atoms. The predicted octanol–water partition coefficient (Wildman–Crippen LogP) is 3.72. The van der Waals surface area contributed by atoms with Gasteiger partial charge in [-0.25, -0.2) is 4.39 Å². The molecule has 0 unspecified atom stereocenters. The number of methoxy groups -OCH3 is 1. The molecule has 5 heteroatoms. The second-order valence-electron chi connectivity index (χ2n) is 4.37. The van der Waals surface area contributed by atoms with E-state index in [4.69, 9.17) is 10.5 Å². The molecule has 0 saturated carbocycles. The Labute approximate surface area is 124 Å². The molecule has 20 heavy (non-hydrogen) atoms. The summed E-state index contributed by atoms with van der Waals surface area (Å²) in [5, 5.41) is 0. The van der Waals surface area contributed by atoms with Crippen molar-refractivity contribution in [3.8, 4) is 5.75 Å². The number of benzene rings is 2. The highest BCUT2D eigenvalue weighted by Gasteiger charge is 2.17. The molecule has 0 aliphatic carbocycles. The lowest BCUT2D eigenvalue weighted by molar-refractivity contribution is 0.103. The van der Waals surface area contributed by atoms with Gasteiger partial charge in [0.2, 0.25) is 0 Å². The van der Waals surface area contributed by atoms with Crippen LogP contribution in [0.4, 0.5) is 10.1 Å². The predicted molar refractivity (Wildman–Crippen MR) is 79.7 cm³/mol. The first-order chi connectivity index (χ1) is 9.43. The van der Waals surface area contributed by atoms with Crippen molar-refractivity contribution < 1.29 is 13.9 Å². The van der Waals surface area contributed by atoms with Gasteiger partial charge in [0.25, 0.3) is 0 Å². The number of nitrogen functional groups attached to an aromatic ring is 1. The lowest BCUT2D eigenvalue weighted by Gasteiger charge is -2.11. The highest BCUT2D eigenvalue weighted by atomic mass is 79.9. The van der Waals surface area contributed by atoms with Crippen LogP contribution in [-0.4, -0.2) is 12.9 Å². The van der Waals surface area contributed by atoms with Crippen molar-refractivity contribution in [1.29, 1.82) is 0 Å². The fraction of sp³-hybridized carbons (Fsp3) is 0.133. The van der Waals surface area contributed by atoms with E-state index in [1.54, 1.807) is 12.1 Å². The quantitative estimate of drug-likeness (QED) is 0.686. The molecule has 104 valence electrons. The van der Waals surface area contributed by atoms with Gasteiger partial charge in [-0.2, -0.15) is 0 Å². The number of anilines is 1. The summed E-state index contributed by atoms with van der Waals surface area (Å²) in [6, 6.07) is 7.37. The molecule has 0 bridgehead atoms. The van der Waals surface area contributed by atoms with Gasteiger partial charge in [0.1, 0.15) is 11.6 Å². The third kappa shape index (κ3) is 2.67. The van der Waals surface area contributed by atoms with Crippen LogP contribution >= 0.6 is 15.9 Å². The Hall–Kier alpha value is -1.88. The molecule has 2 rings (SSSR count). The highest BCUT2D eigenvalue weighted by molar-refractivity contribution is 9.10. The van der Waals surface area contributed by atoms with Crippen LogP contribution in [0, 0.1) is 12.7 Å². The van der Waals surface area contributed by atoms with Gasteiger partial charge in [-0.05, 0) is 42.8 Å². The summed E-state index contributed by atoms with van der Waals surface area (Å²) in [5.41, 5.74) is 7.11. The molecular formula is C15H13BrFNO2. The number of carbonyl (C=O) groups is 1. The van der Waals surface area contributed by atoms with E-state index in [0.717, 1.165) is 10.0 Å². The van der Waals surface area contributed by atoms with Crippen molar-refractivity contribution in [2.45, 2.75) is 6.92 Å². The molecule has 0 heterocycles. The van der Waals surface area contributed by atoms with Crippen LogP contribution in [0.2, 0.25) is 0 Å². The molecule has 0 fully saturated rings. The van der Waals surface area contributed by atoms with Gasteiger partial charge in [0.05, 0.1) is 18.4 Å². The number of aryl methyl sites for hydroxylation is 1. The first kappa shape index (κ1) is 14.5. The van der Waals surface area contributed by atoms with E-state index in [2.05, 4.69) is 15.9 Å². The van der Waals surface area contributed by atoms with Gasteiger partial charge in [-0.1, -0.05) is 15.9 Å². The van der Waals surface area contributed by atoms with E-state index in [1.165, 1.54) is 25.3 Å². The highest BCUT2D eigenvalue weighted by Crippen LogP contribution is 2.29. The third-order valence-corrected chi connectivity index (χ3v) is 3.84. The van der Waals surface area contributed by atoms with Crippen molar-refractivity contribution >= 4 is 27.4 Å². The minimum absolute atomic E-state index is 0.0546. The largest absolute Gasteiger partial charge is 0.496 e. The lowest BCUT2D eigenvalue weighted by atomic mass is 10.0. The number of hydrogen-bond donors (Lipinski definition) is 1. The number of hydrogen-bond acceptors (Lipinski definition) is 3. The average Bonchev–Trinajstić information content (AvgIpc) is 2.43. The molecule has 0 aliphatic heterocycles. The summed E-state index contributed by atoms with van der Waals surface area (Å²) in [6.45, 7) is 1.90. The topological polar surface area (TPSA) is 52.3 Å². The van der Waals surface area contributed by atoms with Gasteiger partial charge >= 0.3 is 0 Å². The molecule has 2 aromatic rings. The zero-order valence-corrected chi connectivity index (χ0v) is 12.6. The standard InChI is InChI=1S/C15H13BrFNO2/c1-8-5-14(20-2)10(7-11(8)16)15(19)9-3-4-12(17)13(18)6-9/h3-7H,18H2,1-2H3. The van der Waals surface area contributed by atoms with E-state index >= 15 is 0 Å². The first-order valence-electron chi connectivity index (χ1n) is 5.88. The van der Waals surface area contributed by atoms with Crippen molar-refractivity contribution in [2.75, 3.05) is 12.8 Å². The fourth-order valence-electron chi connectivity index (χ4n) is 1.84. The van der Waals surface area contributed by atoms with E-state index in [0.29, 0.717) is 16.9 Å². The van der Waals surface area contributed by atoms with Crippen molar-refractivity contribution in [1.82, 2.24) is 0 Å². The summed E-state index contributed by atoms with van der Waals surface area (Å²) in [4.78, 5) is 12.5. The van der Waals surface area contributed by atoms with Crippen LogP contribution in [0.3, 0.4) is 0 Å². The number of ether oxygens (including phenoxy) is 1. The van der Waals surface area contributed by atoms with E-state index < -0.39 is 5.82 Å². The molecule has 0 atom stereocenters. The van der Waals surface area contributed by atoms with E-state index in [1.807, 2.05) is 6.92 Å².